The fraction of sp³-hybridized carbons (Fsp3) is 0.316. The Morgan fingerprint density at radius 2 is 1.69 bits per heavy atom. The van der Waals surface area contributed by atoms with Gasteiger partial charge in [0.2, 0.25) is 0 Å². The molecule has 0 radical (unpaired) electrons. The molecule has 0 aliphatic carbocycles. The lowest BCUT2D eigenvalue weighted by molar-refractivity contribution is 0.256. The van der Waals surface area contributed by atoms with Gasteiger partial charge in [0.1, 0.15) is 0 Å². The molecule has 0 spiro atoms. The van der Waals surface area contributed by atoms with Crippen LogP contribution in [0.1, 0.15) is 24.8 Å². The van der Waals surface area contributed by atoms with Crippen LogP contribution in [0.4, 0.5) is 16.2 Å². The Hall–Kier alpha value is -2.54. The molecule has 1 heterocycles. The standard InChI is InChI=1S/C19H23N3O3S/c1-15-8-10-18(11-9-15)26(24,25)21-19(23)20-16-6-5-7-17(14-16)22-12-3-2-4-13-22/h5-11,14H,2-4,12-13H2,1H3,(H2,20,21,23). The lowest BCUT2D eigenvalue weighted by atomic mass is 10.1. The maximum atomic E-state index is 12.3. The van der Waals surface area contributed by atoms with Gasteiger partial charge in [0.25, 0.3) is 10.0 Å². The van der Waals surface area contributed by atoms with E-state index in [-0.39, 0.29) is 4.90 Å². The number of carbonyl (C=O) groups is 1. The predicted molar refractivity (Wildman–Crippen MR) is 103 cm³/mol. The number of piperidine rings is 1. The van der Waals surface area contributed by atoms with E-state index >= 15 is 0 Å². The zero-order valence-electron chi connectivity index (χ0n) is 14.7. The van der Waals surface area contributed by atoms with Crippen LogP contribution in [0, 0.1) is 6.92 Å². The number of aryl methyl sites for hydroxylation is 1. The zero-order chi connectivity index (χ0) is 18.6. The summed E-state index contributed by atoms with van der Waals surface area (Å²) < 4.78 is 26.6. The Morgan fingerprint density at radius 3 is 2.38 bits per heavy atom. The van der Waals surface area contributed by atoms with Crippen LogP contribution in [0.5, 0.6) is 0 Å². The van der Waals surface area contributed by atoms with Crippen molar-refractivity contribution >= 4 is 27.4 Å². The number of anilines is 2. The molecule has 2 amide bonds. The van der Waals surface area contributed by atoms with Gasteiger partial charge in [0.05, 0.1) is 4.90 Å². The summed E-state index contributed by atoms with van der Waals surface area (Å²) in [7, 11) is -3.90. The highest BCUT2D eigenvalue weighted by molar-refractivity contribution is 7.90. The number of rotatable bonds is 4. The van der Waals surface area contributed by atoms with E-state index in [1.165, 1.54) is 18.6 Å². The first-order valence-electron chi connectivity index (χ1n) is 8.69. The minimum absolute atomic E-state index is 0.0558. The summed E-state index contributed by atoms with van der Waals surface area (Å²) in [6.07, 6.45) is 3.56. The molecule has 6 nitrogen and oxygen atoms in total. The first-order chi connectivity index (χ1) is 12.4. The summed E-state index contributed by atoms with van der Waals surface area (Å²) in [5, 5.41) is 2.60. The molecular formula is C19H23N3O3S. The lowest BCUT2D eigenvalue weighted by Crippen LogP contribution is -2.34. The van der Waals surface area contributed by atoms with Crippen LogP contribution in [0.3, 0.4) is 0 Å². The van der Waals surface area contributed by atoms with Gasteiger partial charge in [-0.1, -0.05) is 23.8 Å². The second-order valence-corrected chi connectivity index (χ2v) is 8.15. The van der Waals surface area contributed by atoms with Gasteiger partial charge >= 0.3 is 6.03 Å². The minimum atomic E-state index is -3.90. The first-order valence-corrected chi connectivity index (χ1v) is 10.2. The third-order valence-corrected chi connectivity index (χ3v) is 5.73. The Morgan fingerprint density at radius 1 is 1.00 bits per heavy atom. The van der Waals surface area contributed by atoms with Crippen LogP contribution >= 0.6 is 0 Å². The van der Waals surface area contributed by atoms with E-state index in [0.29, 0.717) is 5.69 Å². The second kappa shape index (κ2) is 7.78. The van der Waals surface area contributed by atoms with E-state index in [2.05, 4.69) is 10.2 Å². The Labute approximate surface area is 154 Å². The number of amides is 2. The maximum Gasteiger partial charge on any atom is 0.333 e. The second-order valence-electron chi connectivity index (χ2n) is 6.47. The van der Waals surface area contributed by atoms with Crippen LogP contribution in [-0.2, 0) is 10.0 Å². The number of hydrogen-bond donors (Lipinski definition) is 2. The molecule has 7 heteroatoms. The third kappa shape index (κ3) is 4.54. The average Bonchev–Trinajstić information content (AvgIpc) is 2.62. The van der Waals surface area contributed by atoms with Crippen molar-refractivity contribution in [2.45, 2.75) is 31.1 Å². The number of hydrogen-bond acceptors (Lipinski definition) is 4. The largest absolute Gasteiger partial charge is 0.371 e. The first kappa shape index (κ1) is 18.3. The number of benzene rings is 2. The zero-order valence-corrected chi connectivity index (χ0v) is 15.6. The summed E-state index contributed by atoms with van der Waals surface area (Å²) in [6, 6.07) is 13.0. The van der Waals surface area contributed by atoms with E-state index < -0.39 is 16.1 Å². The Bertz CT molecular complexity index is 873. The lowest BCUT2D eigenvalue weighted by Gasteiger charge is -2.29. The summed E-state index contributed by atoms with van der Waals surface area (Å²) in [4.78, 5) is 14.5. The van der Waals surface area contributed by atoms with Gasteiger partial charge in [-0.3, -0.25) is 0 Å². The molecular weight excluding hydrogens is 350 g/mol. The van der Waals surface area contributed by atoms with Gasteiger partial charge in [0, 0.05) is 24.5 Å². The SMILES string of the molecule is Cc1ccc(S(=O)(=O)NC(=O)Nc2cccc(N3CCCCC3)c2)cc1. The fourth-order valence-corrected chi connectivity index (χ4v) is 3.89. The molecule has 2 N–H and O–H groups in total. The van der Waals surface area contributed by atoms with Crippen molar-refractivity contribution in [3.63, 3.8) is 0 Å². The van der Waals surface area contributed by atoms with E-state index in [9.17, 15) is 13.2 Å². The quantitative estimate of drug-likeness (QED) is 0.860. The molecule has 0 unspecified atom stereocenters. The normalized spacial score (nSPS) is 14.7. The van der Waals surface area contributed by atoms with E-state index in [1.807, 2.05) is 29.8 Å². The fourth-order valence-electron chi connectivity index (χ4n) is 2.99. The number of urea groups is 1. The molecule has 1 fully saturated rings. The van der Waals surface area contributed by atoms with Gasteiger partial charge in [-0.2, -0.15) is 0 Å². The average molecular weight is 373 g/mol. The van der Waals surface area contributed by atoms with Crippen molar-refractivity contribution in [2.75, 3.05) is 23.3 Å². The molecule has 2 aromatic rings. The van der Waals surface area contributed by atoms with Crippen LogP contribution < -0.4 is 14.9 Å². The Kier molecular flexibility index (Phi) is 5.46. The highest BCUT2D eigenvalue weighted by atomic mass is 32.2. The molecule has 1 saturated heterocycles. The molecule has 1 aliphatic heterocycles. The van der Waals surface area contributed by atoms with Crippen molar-refractivity contribution in [1.82, 2.24) is 4.72 Å². The molecule has 2 aromatic carbocycles. The summed E-state index contributed by atoms with van der Waals surface area (Å²) in [5.41, 5.74) is 2.54. The van der Waals surface area contributed by atoms with Gasteiger partial charge in [-0.05, 0) is 56.5 Å². The maximum absolute atomic E-state index is 12.3. The van der Waals surface area contributed by atoms with Crippen LogP contribution in [-0.4, -0.2) is 27.5 Å². The van der Waals surface area contributed by atoms with Crippen LogP contribution in [0.2, 0.25) is 0 Å². The summed E-state index contributed by atoms with van der Waals surface area (Å²) in [5.74, 6) is 0. The summed E-state index contributed by atoms with van der Waals surface area (Å²) >= 11 is 0. The number of sulfonamides is 1. The van der Waals surface area contributed by atoms with Crippen molar-refractivity contribution in [3.05, 3.63) is 54.1 Å². The number of nitrogens with zero attached hydrogens (tertiary/aromatic N) is 1. The molecule has 0 bridgehead atoms. The monoisotopic (exact) mass is 373 g/mol. The van der Waals surface area contributed by atoms with E-state index in [1.54, 1.807) is 18.2 Å². The molecule has 0 saturated carbocycles. The van der Waals surface area contributed by atoms with Gasteiger partial charge in [-0.15, -0.1) is 0 Å². The van der Waals surface area contributed by atoms with Crippen molar-refractivity contribution in [3.8, 4) is 0 Å². The smallest absolute Gasteiger partial charge is 0.333 e. The van der Waals surface area contributed by atoms with E-state index in [0.717, 1.165) is 37.2 Å². The third-order valence-electron chi connectivity index (χ3n) is 4.38. The van der Waals surface area contributed by atoms with Crippen molar-refractivity contribution in [1.29, 1.82) is 0 Å². The summed E-state index contributed by atoms with van der Waals surface area (Å²) in [6.45, 7) is 3.86. The highest BCUT2D eigenvalue weighted by Gasteiger charge is 2.18. The van der Waals surface area contributed by atoms with Gasteiger partial charge < -0.3 is 10.2 Å². The predicted octanol–water partition coefficient (Wildman–Crippen LogP) is 3.50. The van der Waals surface area contributed by atoms with E-state index in [4.69, 9.17) is 0 Å². The van der Waals surface area contributed by atoms with Crippen LogP contribution in [0.25, 0.3) is 0 Å². The van der Waals surface area contributed by atoms with Gasteiger partial charge in [0.15, 0.2) is 0 Å². The Balaban J connectivity index is 1.67. The molecule has 0 aromatic heterocycles. The number of nitrogens with one attached hydrogen (secondary N) is 2. The van der Waals surface area contributed by atoms with Crippen molar-refractivity contribution < 1.29 is 13.2 Å². The number of carbonyl (C=O) groups excluding carboxylic acids is 1. The van der Waals surface area contributed by atoms with Crippen LogP contribution in [0.15, 0.2) is 53.4 Å². The molecule has 3 rings (SSSR count). The molecule has 1 aliphatic rings. The van der Waals surface area contributed by atoms with Gasteiger partial charge in [-0.25, -0.2) is 17.9 Å². The minimum Gasteiger partial charge on any atom is -0.371 e. The van der Waals surface area contributed by atoms with Crippen molar-refractivity contribution in [2.24, 2.45) is 0 Å². The highest BCUT2D eigenvalue weighted by Crippen LogP contribution is 2.23. The molecule has 26 heavy (non-hydrogen) atoms. The topological polar surface area (TPSA) is 78.5 Å². The molecule has 138 valence electrons. The molecule has 0 atom stereocenters.